The van der Waals surface area contributed by atoms with E-state index in [1.54, 1.807) is 11.3 Å². The summed E-state index contributed by atoms with van der Waals surface area (Å²) in [5.41, 5.74) is 1.69. The van der Waals surface area contributed by atoms with Gasteiger partial charge in [-0.15, -0.1) is 11.3 Å². The van der Waals surface area contributed by atoms with Crippen molar-refractivity contribution in [3.63, 3.8) is 0 Å². The topological polar surface area (TPSA) is 29.1 Å². The van der Waals surface area contributed by atoms with Crippen LogP contribution in [0.2, 0.25) is 0 Å². The monoisotopic (exact) mass is 307 g/mol. The number of amides is 1. The molecule has 0 saturated carbocycles. The Labute approximate surface area is 95.2 Å². The number of rotatable bonds is 3. The molecule has 1 rings (SSSR count). The van der Waals surface area contributed by atoms with Gasteiger partial charge in [0.2, 0.25) is 0 Å². The van der Waals surface area contributed by atoms with E-state index in [1.165, 1.54) is 0 Å². The van der Waals surface area contributed by atoms with E-state index < -0.39 is 0 Å². The third kappa shape index (κ3) is 3.48. The minimum atomic E-state index is -0.0258. The van der Waals surface area contributed by atoms with Gasteiger partial charge in [-0.1, -0.05) is 12.2 Å². The van der Waals surface area contributed by atoms with Crippen molar-refractivity contribution in [3.05, 3.63) is 32.0 Å². The first kappa shape index (κ1) is 10.7. The summed E-state index contributed by atoms with van der Waals surface area (Å²) < 4.78 is 1.12. The largest absolute Gasteiger partial charge is 0.348 e. The summed E-state index contributed by atoms with van der Waals surface area (Å²) in [6, 6.07) is 1.87. The Hall–Kier alpha value is -0.360. The van der Waals surface area contributed by atoms with Gasteiger partial charge >= 0.3 is 0 Å². The predicted octanol–water partition coefficient (Wildman–Crippen LogP) is 2.66. The van der Waals surface area contributed by atoms with Crippen LogP contribution in [0.1, 0.15) is 17.3 Å². The van der Waals surface area contributed by atoms with Crippen molar-refractivity contribution >= 4 is 39.8 Å². The zero-order chi connectivity index (χ0) is 9.84. The maximum Gasteiger partial charge on any atom is 0.252 e. The van der Waals surface area contributed by atoms with Gasteiger partial charge in [-0.2, -0.15) is 0 Å². The standard InChI is InChI=1S/C9H10INOS/c1-6(2)4-11-9(12)7-3-8(10)13-5-7/h3,5H,1,4H2,2H3,(H,11,12). The summed E-state index contributed by atoms with van der Waals surface area (Å²) in [6.45, 7) is 6.15. The summed E-state index contributed by atoms with van der Waals surface area (Å²) in [5, 5.41) is 4.63. The molecule has 0 aliphatic rings. The van der Waals surface area contributed by atoms with Crippen LogP contribution in [0.15, 0.2) is 23.6 Å². The molecule has 0 aromatic carbocycles. The number of nitrogens with one attached hydrogen (secondary N) is 1. The van der Waals surface area contributed by atoms with Crippen molar-refractivity contribution in [1.29, 1.82) is 0 Å². The molecule has 0 aliphatic heterocycles. The van der Waals surface area contributed by atoms with Crippen LogP contribution in [-0.4, -0.2) is 12.5 Å². The highest BCUT2D eigenvalue weighted by Crippen LogP contribution is 2.16. The Morgan fingerprint density at radius 1 is 1.77 bits per heavy atom. The van der Waals surface area contributed by atoms with Crippen LogP contribution in [0.25, 0.3) is 0 Å². The molecular formula is C9H10INOS. The summed E-state index contributed by atoms with van der Waals surface area (Å²) in [7, 11) is 0. The molecule has 1 N–H and O–H groups in total. The molecule has 1 aromatic rings. The molecule has 0 radical (unpaired) electrons. The average molecular weight is 307 g/mol. The third-order valence-corrected chi connectivity index (χ3v) is 3.17. The molecule has 2 nitrogen and oxygen atoms in total. The molecule has 1 aromatic heterocycles. The van der Waals surface area contributed by atoms with E-state index >= 15 is 0 Å². The number of carbonyl (C=O) groups is 1. The van der Waals surface area contributed by atoms with Crippen molar-refractivity contribution in [3.8, 4) is 0 Å². The lowest BCUT2D eigenvalue weighted by molar-refractivity contribution is 0.0957. The highest BCUT2D eigenvalue weighted by Gasteiger charge is 2.06. The lowest BCUT2D eigenvalue weighted by atomic mass is 10.3. The minimum Gasteiger partial charge on any atom is -0.348 e. The zero-order valence-electron chi connectivity index (χ0n) is 7.26. The summed E-state index contributed by atoms with van der Waals surface area (Å²) in [5.74, 6) is -0.0258. The lowest BCUT2D eigenvalue weighted by Gasteiger charge is -2.01. The Balaban J connectivity index is 2.54. The zero-order valence-corrected chi connectivity index (χ0v) is 10.2. The van der Waals surface area contributed by atoms with E-state index in [0.717, 1.165) is 14.0 Å². The first-order valence-electron chi connectivity index (χ1n) is 3.76. The molecule has 0 aliphatic carbocycles. The molecule has 0 fully saturated rings. The lowest BCUT2D eigenvalue weighted by Crippen LogP contribution is -2.24. The van der Waals surface area contributed by atoms with Crippen LogP contribution in [0.4, 0.5) is 0 Å². The second kappa shape index (κ2) is 4.76. The van der Waals surface area contributed by atoms with Crippen molar-refractivity contribution in [2.45, 2.75) is 6.92 Å². The fourth-order valence-electron chi connectivity index (χ4n) is 0.762. The number of carbonyl (C=O) groups excluding carboxylic acids is 1. The Morgan fingerprint density at radius 2 is 2.46 bits per heavy atom. The third-order valence-electron chi connectivity index (χ3n) is 1.38. The molecule has 4 heteroatoms. The van der Waals surface area contributed by atoms with Crippen LogP contribution >= 0.6 is 33.9 Å². The first-order chi connectivity index (χ1) is 6.09. The van der Waals surface area contributed by atoms with E-state index in [0.29, 0.717) is 6.54 Å². The van der Waals surface area contributed by atoms with Gasteiger partial charge in [0.15, 0.2) is 0 Å². The van der Waals surface area contributed by atoms with Crippen LogP contribution in [0.5, 0.6) is 0 Å². The van der Waals surface area contributed by atoms with Crippen LogP contribution < -0.4 is 5.32 Å². The number of thiophene rings is 1. The van der Waals surface area contributed by atoms with Gasteiger partial charge in [0.25, 0.3) is 5.91 Å². The van der Waals surface area contributed by atoms with Crippen LogP contribution in [-0.2, 0) is 0 Å². The molecule has 0 saturated heterocycles. The van der Waals surface area contributed by atoms with Gasteiger partial charge < -0.3 is 5.32 Å². The normalized spacial score (nSPS) is 9.69. The van der Waals surface area contributed by atoms with Crippen molar-refractivity contribution in [1.82, 2.24) is 5.32 Å². The first-order valence-corrected chi connectivity index (χ1v) is 5.72. The summed E-state index contributed by atoms with van der Waals surface area (Å²) in [4.78, 5) is 11.4. The van der Waals surface area contributed by atoms with Crippen LogP contribution in [0.3, 0.4) is 0 Å². The number of halogens is 1. The Kier molecular flexibility index (Phi) is 3.92. The molecule has 1 heterocycles. The maximum absolute atomic E-state index is 11.4. The van der Waals surface area contributed by atoms with Gasteiger partial charge in [0, 0.05) is 11.9 Å². The Morgan fingerprint density at radius 3 is 2.92 bits per heavy atom. The SMILES string of the molecule is C=C(C)CNC(=O)c1csc(I)c1. The van der Waals surface area contributed by atoms with E-state index in [1.807, 2.05) is 18.4 Å². The van der Waals surface area contributed by atoms with Gasteiger partial charge in [-0.3, -0.25) is 4.79 Å². The molecule has 1 amide bonds. The second-order valence-corrected chi connectivity index (χ2v) is 5.58. The summed E-state index contributed by atoms with van der Waals surface area (Å²) in [6.07, 6.45) is 0. The smallest absolute Gasteiger partial charge is 0.252 e. The number of hydrogen-bond acceptors (Lipinski definition) is 2. The van der Waals surface area contributed by atoms with Gasteiger partial charge in [0.05, 0.1) is 8.45 Å². The molecule has 0 spiro atoms. The predicted molar refractivity (Wildman–Crippen MR) is 64.2 cm³/mol. The minimum absolute atomic E-state index is 0.0258. The summed E-state index contributed by atoms with van der Waals surface area (Å²) >= 11 is 3.77. The van der Waals surface area contributed by atoms with E-state index in [4.69, 9.17) is 0 Å². The quantitative estimate of drug-likeness (QED) is 0.675. The van der Waals surface area contributed by atoms with Crippen molar-refractivity contribution in [2.75, 3.05) is 6.54 Å². The fourth-order valence-corrected chi connectivity index (χ4v) is 2.09. The van der Waals surface area contributed by atoms with Crippen LogP contribution in [0, 0.1) is 2.88 Å². The maximum atomic E-state index is 11.4. The molecule has 70 valence electrons. The van der Waals surface area contributed by atoms with Crippen molar-refractivity contribution < 1.29 is 4.79 Å². The highest BCUT2D eigenvalue weighted by atomic mass is 127. The van der Waals surface area contributed by atoms with E-state index in [2.05, 4.69) is 34.5 Å². The van der Waals surface area contributed by atoms with E-state index in [-0.39, 0.29) is 5.91 Å². The van der Waals surface area contributed by atoms with E-state index in [9.17, 15) is 4.79 Å². The van der Waals surface area contributed by atoms with Gasteiger partial charge in [-0.05, 0) is 35.6 Å². The van der Waals surface area contributed by atoms with Gasteiger partial charge in [-0.25, -0.2) is 0 Å². The second-order valence-electron chi connectivity index (χ2n) is 2.78. The average Bonchev–Trinajstić information content (AvgIpc) is 2.47. The van der Waals surface area contributed by atoms with Gasteiger partial charge in [0.1, 0.15) is 0 Å². The highest BCUT2D eigenvalue weighted by molar-refractivity contribution is 14.1. The molecule has 0 bridgehead atoms. The number of hydrogen-bond donors (Lipinski definition) is 1. The fraction of sp³-hybridized carbons (Fsp3) is 0.222. The van der Waals surface area contributed by atoms with Crippen molar-refractivity contribution in [2.24, 2.45) is 0 Å². The molecule has 0 atom stereocenters. The molecular weight excluding hydrogens is 297 g/mol. The molecule has 0 unspecified atom stereocenters. The Bertz CT molecular complexity index is 332. The molecule has 13 heavy (non-hydrogen) atoms.